The molecule has 6 heteroatoms. The lowest BCUT2D eigenvalue weighted by molar-refractivity contribution is 0.0922. The van der Waals surface area contributed by atoms with Crippen LogP contribution in [0.1, 0.15) is 39.4 Å². The fourth-order valence-corrected chi connectivity index (χ4v) is 3.81. The van der Waals surface area contributed by atoms with Crippen molar-refractivity contribution in [3.05, 3.63) is 76.7 Å². The molecule has 0 saturated carbocycles. The lowest BCUT2D eigenvalue weighted by atomic mass is 10.1. The predicted molar refractivity (Wildman–Crippen MR) is 117 cm³/mol. The van der Waals surface area contributed by atoms with Gasteiger partial charge in [-0.25, -0.2) is 0 Å². The number of hydrogen-bond acceptors (Lipinski definition) is 5. The molecule has 1 heterocycles. The van der Waals surface area contributed by atoms with Crippen LogP contribution in [0.3, 0.4) is 0 Å². The summed E-state index contributed by atoms with van der Waals surface area (Å²) >= 11 is 0. The SMILES string of the molecule is COc1ccc(CCNC(=O)c2ccc(COc3ccc4c(c3)CCC4)o2)cc1OC. The maximum absolute atomic E-state index is 12.4. The number of methoxy groups -OCH3 is 2. The van der Waals surface area contributed by atoms with Gasteiger partial charge in [0.2, 0.25) is 0 Å². The van der Waals surface area contributed by atoms with Crippen LogP contribution in [0, 0.1) is 0 Å². The number of benzene rings is 2. The van der Waals surface area contributed by atoms with E-state index < -0.39 is 0 Å². The molecule has 162 valence electrons. The van der Waals surface area contributed by atoms with Crippen LogP contribution in [-0.2, 0) is 25.9 Å². The first-order valence-electron chi connectivity index (χ1n) is 10.5. The van der Waals surface area contributed by atoms with Gasteiger partial charge in [-0.3, -0.25) is 4.79 Å². The number of carbonyl (C=O) groups excluding carboxylic acids is 1. The molecular formula is C25H27NO5. The van der Waals surface area contributed by atoms with E-state index in [0.717, 1.165) is 24.2 Å². The molecule has 6 nitrogen and oxygen atoms in total. The Labute approximate surface area is 182 Å². The van der Waals surface area contributed by atoms with Gasteiger partial charge in [0.15, 0.2) is 17.3 Å². The van der Waals surface area contributed by atoms with Gasteiger partial charge >= 0.3 is 0 Å². The summed E-state index contributed by atoms with van der Waals surface area (Å²) in [5.41, 5.74) is 3.82. The van der Waals surface area contributed by atoms with E-state index in [1.54, 1.807) is 26.4 Å². The van der Waals surface area contributed by atoms with E-state index in [9.17, 15) is 4.79 Å². The number of nitrogens with one attached hydrogen (secondary N) is 1. The van der Waals surface area contributed by atoms with Gasteiger partial charge in [-0.1, -0.05) is 12.1 Å². The number of ether oxygens (including phenoxy) is 3. The normalized spacial score (nSPS) is 12.3. The number of carbonyl (C=O) groups is 1. The summed E-state index contributed by atoms with van der Waals surface area (Å²) in [4.78, 5) is 12.4. The highest BCUT2D eigenvalue weighted by atomic mass is 16.5. The molecule has 0 saturated heterocycles. The van der Waals surface area contributed by atoms with Gasteiger partial charge in [-0.15, -0.1) is 0 Å². The molecule has 1 amide bonds. The lowest BCUT2D eigenvalue weighted by Crippen LogP contribution is -2.25. The number of furan rings is 1. The number of amides is 1. The van der Waals surface area contributed by atoms with E-state index in [0.29, 0.717) is 30.2 Å². The number of rotatable bonds is 9. The molecule has 0 spiro atoms. The highest BCUT2D eigenvalue weighted by molar-refractivity contribution is 5.91. The molecule has 1 aliphatic rings. The third-order valence-corrected chi connectivity index (χ3v) is 5.48. The zero-order chi connectivity index (χ0) is 21.6. The minimum Gasteiger partial charge on any atom is -0.493 e. The predicted octanol–water partition coefficient (Wildman–Crippen LogP) is 4.34. The first kappa shape index (κ1) is 20.8. The van der Waals surface area contributed by atoms with Crippen LogP contribution in [0.25, 0.3) is 0 Å². The number of hydrogen-bond donors (Lipinski definition) is 1. The molecule has 0 radical (unpaired) electrons. The maximum Gasteiger partial charge on any atom is 0.287 e. The Morgan fingerprint density at radius 1 is 0.968 bits per heavy atom. The highest BCUT2D eigenvalue weighted by Crippen LogP contribution is 2.28. The third-order valence-electron chi connectivity index (χ3n) is 5.48. The van der Waals surface area contributed by atoms with Crippen molar-refractivity contribution in [2.24, 2.45) is 0 Å². The fourth-order valence-electron chi connectivity index (χ4n) is 3.81. The molecule has 0 fully saturated rings. The molecule has 1 aliphatic carbocycles. The largest absolute Gasteiger partial charge is 0.493 e. The highest BCUT2D eigenvalue weighted by Gasteiger charge is 2.14. The second-order valence-corrected chi connectivity index (χ2v) is 7.53. The summed E-state index contributed by atoms with van der Waals surface area (Å²) in [5, 5.41) is 2.88. The molecule has 2 aromatic carbocycles. The Balaban J connectivity index is 1.26. The van der Waals surface area contributed by atoms with Gasteiger partial charge in [0.25, 0.3) is 5.91 Å². The smallest absolute Gasteiger partial charge is 0.287 e. The van der Waals surface area contributed by atoms with E-state index in [4.69, 9.17) is 18.6 Å². The van der Waals surface area contributed by atoms with Crippen molar-refractivity contribution in [2.45, 2.75) is 32.3 Å². The molecule has 1 aromatic heterocycles. The Morgan fingerprint density at radius 3 is 2.65 bits per heavy atom. The van der Waals surface area contributed by atoms with Crippen molar-refractivity contribution >= 4 is 5.91 Å². The fraction of sp³-hybridized carbons (Fsp3) is 0.320. The van der Waals surface area contributed by atoms with Crippen LogP contribution in [0.15, 0.2) is 52.9 Å². The van der Waals surface area contributed by atoms with Gasteiger partial charge in [0.05, 0.1) is 14.2 Å². The summed E-state index contributed by atoms with van der Waals surface area (Å²) in [6.07, 6.45) is 4.14. The van der Waals surface area contributed by atoms with Crippen LogP contribution < -0.4 is 19.5 Å². The van der Waals surface area contributed by atoms with Crippen LogP contribution in [0.2, 0.25) is 0 Å². The molecule has 1 N–H and O–H groups in total. The average Bonchev–Trinajstić information content (AvgIpc) is 3.46. The zero-order valence-electron chi connectivity index (χ0n) is 17.9. The second-order valence-electron chi connectivity index (χ2n) is 7.53. The van der Waals surface area contributed by atoms with Crippen molar-refractivity contribution in [2.75, 3.05) is 20.8 Å². The molecule has 31 heavy (non-hydrogen) atoms. The van der Waals surface area contributed by atoms with Gasteiger partial charge in [0.1, 0.15) is 18.1 Å². The minimum absolute atomic E-state index is 0.246. The van der Waals surface area contributed by atoms with Crippen LogP contribution in [0.5, 0.6) is 17.2 Å². The first-order chi connectivity index (χ1) is 15.2. The summed E-state index contributed by atoms with van der Waals surface area (Å²) < 4.78 is 22.1. The van der Waals surface area contributed by atoms with E-state index in [-0.39, 0.29) is 18.3 Å². The van der Waals surface area contributed by atoms with Crippen molar-refractivity contribution in [1.29, 1.82) is 0 Å². The van der Waals surface area contributed by atoms with Crippen molar-refractivity contribution in [3.63, 3.8) is 0 Å². The van der Waals surface area contributed by atoms with Gasteiger partial charge in [-0.05, 0) is 78.8 Å². The second kappa shape index (κ2) is 9.60. The Kier molecular flexibility index (Phi) is 6.46. The molecule has 0 atom stereocenters. The maximum atomic E-state index is 12.4. The average molecular weight is 421 g/mol. The Morgan fingerprint density at radius 2 is 1.81 bits per heavy atom. The van der Waals surface area contributed by atoms with Crippen LogP contribution >= 0.6 is 0 Å². The van der Waals surface area contributed by atoms with Gasteiger partial charge in [-0.2, -0.15) is 0 Å². The summed E-state index contributed by atoms with van der Waals surface area (Å²) in [6, 6.07) is 15.4. The standard InChI is InChI=1S/C25H27NO5/c1-28-22-10-6-17(14-24(22)29-2)12-13-26-25(27)23-11-9-21(31-23)16-30-20-8-7-18-4-3-5-19(18)15-20/h6-11,14-15H,3-5,12-13,16H2,1-2H3,(H,26,27). The summed E-state index contributed by atoms with van der Waals surface area (Å²) in [5.74, 6) is 2.83. The van der Waals surface area contributed by atoms with Crippen LogP contribution in [0.4, 0.5) is 0 Å². The van der Waals surface area contributed by atoms with Crippen molar-refractivity contribution < 1.29 is 23.4 Å². The number of fused-ring (bicyclic) bond motifs is 1. The van der Waals surface area contributed by atoms with E-state index in [1.165, 1.54) is 17.5 Å². The Hall–Kier alpha value is -3.41. The van der Waals surface area contributed by atoms with E-state index in [2.05, 4.69) is 17.4 Å². The molecule has 0 unspecified atom stereocenters. The molecule has 4 rings (SSSR count). The monoisotopic (exact) mass is 421 g/mol. The summed E-state index contributed by atoms with van der Waals surface area (Å²) in [7, 11) is 3.21. The van der Waals surface area contributed by atoms with E-state index in [1.807, 2.05) is 24.3 Å². The Bertz CT molecular complexity index is 1060. The van der Waals surface area contributed by atoms with Crippen molar-refractivity contribution in [3.8, 4) is 17.2 Å². The quantitative estimate of drug-likeness (QED) is 0.557. The lowest BCUT2D eigenvalue weighted by Gasteiger charge is -2.10. The van der Waals surface area contributed by atoms with Crippen molar-refractivity contribution in [1.82, 2.24) is 5.32 Å². The summed E-state index contributed by atoms with van der Waals surface area (Å²) in [6.45, 7) is 0.772. The molecule has 0 bridgehead atoms. The topological polar surface area (TPSA) is 69.9 Å². The molecule has 0 aliphatic heterocycles. The zero-order valence-corrected chi connectivity index (χ0v) is 17.9. The minimum atomic E-state index is -0.246. The van der Waals surface area contributed by atoms with Gasteiger partial charge in [0, 0.05) is 6.54 Å². The third kappa shape index (κ3) is 5.02. The van der Waals surface area contributed by atoms with Gasteiger partial charge < -0.3 is 23.9 Å². The van der Waals surface area contributed by atoms with E-state index >= 15 is 0 Å². The molecule has 3 aromatic rings. The molecular weight excluding hydrogens is 394 g/mol. The van der Waals surface area contributed by atoms with Crippen LogP contribution in [-0.4, -0.2) is 26.7 Å². The number of aryl methyl sites for hydroxylation is 2. The first-order valence-corrected chi connectivity index (χ1v) is 10.5.